The second-order valence-corrected chi connectivity index (χ2v) is 10.3. The van der Waals surface area contributed by atoms with Crippen LogP contribution in [0.2, 0.25) is 5.02 Å². The molecule has 2 aromatic carbocycles. The fraction of sp³-hybridized carbons (Fsp3) is 0.417. The molecule has 33 heavy (non-hydrogen) atoms. The predicted octanol–water partition coefficient (Wildman–Crippen LogP) is 3.83. The molecule has 1 N–H and O–H groups in total. The normalized spacial score (nSPS) is 13.1. The van der Waals surface area contributed by atoms with E-state index >= 15 is 0 Å². The van der Waals surface area contributed by atoms with Crippen LogP contribution in [0.3, 0.4) is 0 Å². The number of anilines is 1. The average molecular weight is 494 g/mol. The molecule has 2 amide bonds. The maximum absolute atomic E-state index is 13.5. The molecule has 0 heterocycles. The molecule has 180 valence electrons. The van der Waals surface area contributed by atoms with Crippen LogP contribution in [-0.2, 0) is 26.2 Å². The van der Waals surface area contributed by atoms with Crippen molar-refractivity contribution >= 4 is 39.1 Å². The predicted molar refractivity (Wildman–Crippen MR) is 133 cm³/mol. The van der Waals surface area contributed by atoms with E-state index in [4.69, 9.17) is 11.6 Å². The van der Waals surface area contributed by atoms with Crippen LogP contribution in [0, 0.1) is 0 Å². The number of rotatable bonds is 11. The molecular weight excluding hydrogens is 462 g/mol. The molecule has 0 aliphatic rings. The molecule has 9 heteroatoms. The standard InChI is InChI=1S/C24H32ClN3O4S/c1-5-18(3)26-24(30)22(6-2)27(16-19-10-8-7-9-11-19)23(29)17-28(33(4,31)32)21-14-12-20(25)13-15-21/h7-15,18,22H,5-6,16-17H2,1-4H3,(H,26,30)/t18-,22-/m1/s1. The summed E-state index contributed by atoms with van der Waals surface area (Å²) < 4.78 is 26.1. The lowest BCUT2D eigenvalue weighted by Gasteiger charge is -2.33. The number of hydrogen-bond donors (Lipinski definition) is 1. The van der Waals surface area contributed by atoms with Crippen molar-refractivity contribution in [3.8, 4) is 0 Å². The zero-order chi connectivity index (χ0) is 24.6. The highest BCUT2D eigenvalue weighted by Crippen LogP contribution is 2.22. The van der Waals surface area contributed by atoms with Gasteiger partial charge in [0.1, 0.15) is 12.6 Å². The summed E-state index contributed by atoms with van der Waals surface area (Å²) in [5.41, 5.74) is 1.17. The summed E-state index contributed by atoms with van der Waals surface area (Å²) in [6.07, 6.45) is 2.19. The van der Waals surface area contributed by atoms with E-state index in [1.807, 2.05) is 51.1 Å². The van der Waals surface area contributed by atoms with Gasteiger partial charge >= 0.3 is 0 Å². The highest BCUT2D eigenvalue weighted by molar-refractivity contribution is 7.92. The topological polar surface area (TPSA) is 86.8 Å². The van der Waals surface area contributed by atoms with E-state index in [-0.39, 0.29) is 18.5 Å². The van der Waals surface area contributed by atoms with Crippen LogP contribution >= 0.6 is 11.6 Å². The number of sulfonamides is 1. The van der Waals surface area contributed by atoms with Gasteiger partial charge in [-0.15, -0.1) is 0 Å². The first-order valence-corrected chi connectivity index (χ1v) is 13.2. The van der Waals surface area contributed by atoms with Gasteiger partial charge in [0.25, 0.3) is 0 Å². The number of amides is 2. The van der Waals surface area contributed by atoms with Crippen molar-refractivity contribution in [1.82, 2.24) is 10.2 Å². The van der Waals surface area contributed by atoms with E-state index in [1.54, 1.807) is 24.3 Å². The van der Waals surface area contributed by atoms with E-state index in [0.717, 1.165) is 22.5 Å². The fourth-order valence-electron chi connectivity index (χ4n) is 3.36. The molecule has 0 saturated heterocycles. The van der Waals surface area contributed by atoms with Crippen LogP contribution in [0.1, 0.15) is 39.2 Å². The third-order valence-corrected chi connectivity index (χ3v) is 6.77. The van der Waals surface area contributed by atoms with Crippen LogP contribution in [0.4, 0.5) is 5.69 Å². The largest absolute Gasteiger partial charge is 0.352 e. The van der Waals surface area contributed by atoms with Crippen molar-refractivity contribution in [2.45, 2.75) is 52.2 Å². The van der Waals surface area contributed by atoms with Gasteiger partial charge in [-0.3, -0.25) is 13.9 Å². The Kier molecular flexibility index (Phi) is 9.73. The smallest absolute Gasteiger partial charge is 0.244 e. The molecule has 2 atom stereocenters. The lowest BCUT2D eigenvalue weighted by molar-refractivity contribution is -0.140. The summed E-state index contributed by atoms with van der Waals surface area (Å²) in [7, 11) is -3.77. The average Bonchev–Trinajstić information content (AvgIpc) is 2.77. The first-order valence-electron chi connectivity index (χ1n) is 10.9. The molecule has 0 saturated carbocycles. The summed E-state index contributed by atoms with van der Waals surface area (Å²) in [4.78, 5) is 28.0. The van der Waals surface area contributed by atoms with E-state index < -0.39 is 28.5 Å². The van der Waals surface area contributed by atoms with Crippen molar-refractivity contribution in [2.24, 2.45) is 0 Å². The quantitative estimate of drug-likeness (QED) is 0.515. The van der Waals surface area contributed by atoms with Gasteiger partial charge in [0.05, 0.1) is 11.9 Å². The number of carbonyl (C=O) groups excluding carboxylic acids is 2. The Morgan fingerprint density at radius 3 is 2.12 bits per heavy atom. The minimum absolute atomic E-state index is 0.0400. The highest BCUT2D eigenvalue weighted by Gasteiger charge is 2.32. The van der Waals surface area contributed by atoms with Crippen LogP contribution in [0.5, 0.6) is 0 Å². The summed E-state index contributed by atoms with van der Waals surface area (Å²) in [6.45, 7) is 5.46. The Bertz CT molecular complexity index is 1030. The molecule has 0 spiro atoms. The lowest BCUT2D eigenvalue weighted by atomic mass is 10.1. The van der Waals surface area contributed by atoms with E-state index in [2.05, 4.69) is 5.32 Å². The number of halogens is 1. The second kappa shape index (κ2) is 12.0. The van der Waals surface area contributed by atoms with Gasteiger partial charge in [-0.1, -0.05) is 55.8 Å². The molecular formula is C24H32ClN3O4S. The van der Waals surface area contributed by atoms with Crippen LogP contribution < -0.4 is 9.62 Å². The third-order valence-electron chi connectivity index (χ3n) is 5.38. The summed E-state index contributed by atoms with van der Waals surface area (Å²) in [5.74, 6) is -0.723. The Morgan fingerprint density at radius 1 is 1.00 bits per heavy atom. The van der Waals surface area contributed by atoms with Gasteiger partial charge in [0.2, 0.25) is 21.8 Å². The third kappa shape index (κ3) is 7.75. The van der Waals surface area contributed by atoms with Gasteiger partial charge in [0.15, 0.2) is 0 Å². The number of carbonyl (C=O) groups is 2. The number of hydrogen-bond acceptors (Lipinski definition) is 4. The molecule has 0 aromatic heterocycles. The molecule has 0 radical (unpaired) electrons. The first kappa shape index (κ1) is 26.7. The Hall–Kier alpha value is -2.58. The van der Waals surface area contributed by atoms with Crippen LogP contribution in [-0.4, -0.2) is 50.0 Å². The molecule has 0 unspecified atom stereocenters. The van der Waals surface area contributed by atoms with Crippen LogP contribution in [0.25, 0.3) is 0 Å². The fourth-order valence-corrected chi connectivity index (χ4v) is 4.34. The lowest BCUT2D eigenvalue weighted by Crippen LogP contribution is -2.53. The van der Waals surface area contributed by atoms with Gasteiger partial charge in [-0.25, -0.2) is 8.42 Å². The van der Waals surface area contributed by atoms with E-state index in [1.165, 1.54) is 4.90 Å². The Balaban J connectivity index is 2.39. The Labute approximate surface area is 201 Å². The Morgan fingerprint density at radius 2 is 1.61 bits per heavy atom. The van der Waals surface area contributed by atoms with E-state index in [0.29, 0.717) is 17.1 Å². The number of benzene rings is 2. The monoisotopic (exact) mass is 493 g/mol. The summed E-state index contributed by atoms with van der Waals surface area (Å²) in [6, 6.07) is 14.8. The molecule has 0 fully saturated rings. The van der Waals surface area contributed by atoms with Crippen molar-refractivity contribution in [2.75, 3.05) is 17.1 Å². The zero-order valence-electron chi connectivity index (χ0n) is 19.5. The number of nitrogens with one attached hydrogen (secondary N) is 1. The minimum Gasteiger partial charge on any atom is -0.352 e. The molecule has 0 bridgehead atoms. The maximum Gasteiger partial charge on any atom is 0.244 e. The van der Waals surface area contributed by atoms with Crippen molar-refractivity contribution in [3.05, 3.63) is 65.2 Å². The molecule has 7 nitrogen and oxygen atoms in total. The zero-order valence-corrected chi connectivity index (χ0v) is 21.1. The maximum atomic E-state index is 13.5. The highest BCUT2D eigenvalue weighted by atomic mass is 35.5. The van der Waals surface area contributed by atoms with Gasteiger partial charge in [0, 0.05) is 17.6 Å². The van der Waals surface area contributed by atoms with Crippen molar-refractivity contribution in [3.63, 3.8) is 0 Å². The van der Waals surface area contributed by atoms with Gasteiger partial charge < -0.3 is 10.2 Å². The second-order valence-electron chi connectivity index (χ2n) is 8.00. The van der Waals surface area contributed by atoms with Gasteiger partial charge in [-0.05, 0) is 49.6 Å². The molecule has 0 aliphatic carbocycles. The van der Waals surface area contributed by atoms with Crippen LogP contribution in [0.15, 0.2) is 54.6 Å². The SMILES string of the molecule is CC[C@@H](C)NC(=O)[C@@H](CC)N(Cc1ccccc1)C(=O)CN(c1ccc(Cl)cc1)S(C)(=O)=O. The van der Waals surface area contributed by atoms with Crippen molar-refractivity contribution in [1.29, 1.82) is 0 Å². The summed E-state index contributed by atoms with van der Waals surface area (Å²) in [5, 5.41) is 3.40. The number of nitrogens with zero attached hydrogens (tertiary/aromatic N) is 2. The van der Waals surface area contributed by atoms with Crippen molar-refractivity contribution < 1.29 is 18.0 Å². The summed E-state index contributed by atoms with van der Waals surface area (Å²) >= 11 is 5.94. The molecule has 2 aromatic rings. The first-order chi connectivity index (χ1) is 15.6. The molecule has 2 rings (SSSR count). The van der Waals surface area contributed by atoms with E-state index in [9.17, 15) is 18.0 Å². The molecule has 0 aliphatic heterocycles. The van der Waals surface area contributed by atoms with Gasteiger partial charge in [-0.2, -0.15) is 0 Å². The minimum atomic E-state index is -3.77.